The Balaban J connectivity index is 1.78. The second-order valence-corrected chi connectivity index (χ2v) is 6.13. The highest BCUT2D eigenvalue weighted by atomic mass is 15.1. The lowest BCUT2D eigenvalue weighted by molar-refractivity contribution is 0.873. The average Bonchev–Trinajstić information content (AvgIpc) is 2.64. The maximum atomic E-state index is 4.62. The Bertz CT molecular complexity index is 830. The van der Waals surface area contributed by atoms with Gasteiger partial charge in [-0.05, 0) is 43.0 Å². The van der Waals surface area contributed by atoms with Gasteiger partial charge in [0.05, 0.1) is 0 Å². The zero-order chi connectivity index (χ0) is 17.6. The van der Waals surface area contributed by atoms with Gasteiger partial charge in [-0.1, -0.05) is 55.5 Å². The van der Waals surface area contributed by atoms with Crippen molar-refractivity contribution >= 4 is 17.5 Å². The minimum atomic E-state index is 0.175. The van der Waals surface area contributed by atoms with Crippen LogP contribution in [0.2, 0.25) is 0 Å². The summed E-state index contributed by atoms with van der Waals surface area (Å²) in [5.41, 5.74) is 4.78. The Labute approximate surface area is 149 Å². The van der Waals surface area contributed by atoms with Crippen LogP contribution in [0.1, 0.15) is 36.6 Å². The molecule has 0 aliphatic rings. The number of aryl methyl sites for hydroxylation is 2. The fraction of sp³-hybridized carbons (Fsp3) is 0.238. The standard InChI is InChI=1S/C21H24N4/c1-4-17-12-8-9-15(2)20(17)25-21-22-14-13-19(24-21)23-16(3)18-10-6-5-7-11-18/h5-14,16H,4H2,1-3H3,(H2,22,23,24,25). The van der Waals surface area contributed by atoms with E-state index >= 15 is 0 Å². The first kappa shape index (κ1) is 17.0. The van der Waals surface area contributed by atoms with E-state index in [9.17, 15) is 0 Å². The first-order chi connectivity index (χ1) is 12.2. The molecule has 0 fully saturated rings. The third-order valence-corrected chi connectivity index (χ3v) is 4.30. The van der Waals surface area contributed by atoms with Crippen LogP contribution in [0.15, 0.2) is 60.8 Å². The van der Waals surface area contributed by atoms with Crippen molar-refractivity contribution in [1.82, 2.24) is 9.97 Å². The molecule has 0 radical (unpaired) electrons. The van der Waals surface area contributed by atoms with E-state index in [1.54, 1.807) is 6.20 Å². The molecule has 3 aromatic rings. The van der Waals surface area contributed by atoms with Crippen LogP contribution in [0.25, 0.3) is 0 Å². The van der Waals surface area contributed by atoms with Crippen molar-refractivity contribution in [2.45, 2.75) is 33.2 Å². The van der Waals surface area contributed by atoms with Crippen molar-refractivity contribution in [2.75, 3.05) is 10.6 Å². The molecule has 0 amide bonds. The highest BCUT2D eigenvalue weighted by Gasteiger charge is 2.09. The van der Waals surface area contributed by atoms with Crippen LogP contribution in [-0.4, -0.2) is 9.97 Å². The van der Waals surface area contributed by atoms with Crippen molar-refractivity contribution in [3.63, 3.8) is 0 Å². The monoisotopic (exact) mass is 332 g/mol. The molecule has 1 atom stereocenters. The minimum Gasteiger partial charge on any atom is -0.363 e. The van der Waals surface area contributed by atoms with Gasteiger partial charge in [0, 0.05) is 17.9 Å². The molecule has 25 heavy (non-hydrogen) atoms. The van der Waals surface area contributed by atoms with Gasteiger partial charge < -0.3 is 10.6 Å². The van der Waals surface area contributed by atoms with Crippen LogP contribution in [0, 0.1) is 6.92 Å². The van der Waals surface area contributed by atoms with E-state index < -0.39 is 0 Å². The summed E-state index contributed by atoms with van der Waals surface area (Å²) in [6, 6.07) is 18.7. The number of rotatable bonds is 6. The molecule has 2 N–H and O–H groups in total. The van der Waals surface area contributed by atoms with Gasteiger partial charge in [-0.15, -0.1) is 0 Å². The predicted octanol–water partition coefficient (Wildman–Crippen LogP) is 5.26. The third kappa shape index (κ3) is 4.15. The molecule has 2 aromatic carbocycles. The fourth-order valence-corrected chi connectivity index (χ4v) is 2.86. The molecule has 128 valence electrons. The van der Waals surface area contributed by atoms with Gasteiger partial charge >= 0.3 is 0 Å². The molecule has 0 aliphatic carbocycles. The number of anilines is 3. The van der Waals surface area contributed by atoms with E-state index in [1.165, 1.54) is 16.7 Å². The minimum absolute atomic E-state index is 0.175. The number of aromatic nitrogens is 2. The molecule has 1 heterocycles. The van der Waals surface area contributed by atoms with Crippen LogP contribution in [0.4, 0.5) is 17.5 Å². The second-order valence-electron chi connectivity index (χ2n) is 6.13. The van der Waals surface area contributed by atoms with Gasteiger partial charge in [-0.3, -0.25) is 0 Å². The molecule has 0 saturated heterocycles. The Hall–Kier alpha value is -2.88. The summed E-state index contributed by atoms with van der Waals surface area (Å²) in [7, 11) is 0. The van der Waals surface area contributed by atoms with Gasteiger partial charge in [0.1, 0.15) is 5.82 Å². The maximum absolute atomic E-state index is 4.62. The Kier molecular flexibility index (Phi) is 5.29. The Morgan fingerprint density at radius 1 is 1.00 bits per heavy atom. The van der Waals surface area contributed by atoms with Gasteiger partial charge in [-0.25, -0.2) is 4.98 Å². The number of hydrogen-bond acceptors (Lipinski definition) is 4. The first-order valence-electron chi connectivity index (χ1n) is 8.67. The molecular formula is C21H24N4. The molecule has 0 bridgehead atoms. The summed E-state index contributed by atoms with van der Waals surface area (Å²) < 4.78 is 0. The van der Waals surface area contributed by atoms with Crippen LogP contribution in [0.3, 0.4) is 0 Å². The van der Waals surface area contributed by atoms with E-state index in [0.717, 1.165) is 17.9 Å². The summed E-state index contributed by atoms with van der Waals surface area (Å²) in [4.78, 5) is 8.99. The van der Waals surface area contributed by atoms with Gasteiger partial charge in [0.25, 0.3) is 0 Å². The molecule has 0 spiro atoms. The summed E-state index contributed by atoms with van der Waals surface area (Å²) in [5, 5.41) is 6.82. The summed E-state index contributed by atoms with van der Waals surface area (Å²) in [6.07, 6.45) is 2.74. The number of nitrogens with one attached hydrogen (secondary N) is 2. The zero-order valence-corrected chi connectivity index (χ0v) is 15.0. The predicted molar refractivity (Wildman–Crippen MR) is 104 cm³/mol. The molecule has 4 nitrogen and oxygen atoms in total. The maximum Gasteiger partial charge on any atom is 0.229 e. The zero-order valence-electron chi connectivity index (χ0n) is 15.0. The summed E-state index contributed by atoms with van der Waals surface area (Å²) in [5.74, 6) is 1.41. The largest absolute Gasteiger partial charge is 0.363 e. The molecule has 0 aliphatic heterocycles. The molecule has 0 saturated carbocycles. The van der Waals surface area contributed by atoms with Crippen molar-refractivity contribution in [2.24, 2.45) is 0 Å². The topological polar surface area (TPSA) is 49.8 Å². The number of para-hydroxylation sites is 1. The lowest BCUT2D eigenvalue weighted by Gasteiger charge is -2.16. The highest BCUT2D eigenvalue weighted by Crippen LogP contribution is 2.25. The quantitative estimate of drug-likeness (QED) is 0.646. The molecule has 1 aromatic heterocycles. The molecular weight excluding hydrogens is 308 g/mol. The van der Waals surface area contributed by atoms with Crippen LogP contribution in [-0.2, 0) is 6.42 Å². The van der Waals surface area contributed by atoms with Gasteiger partial charge in [0.2, 0.25) is 5.95 Å². The normalized spacial score (nSPS) is 11.8. The lowest BCUT2D eigenvalue weighted by Crippen LogP contribution is -2.09. The Morgan fingerprint density at radius 2 is 1.80 bits per heavy atom. The van der Waals surface area contributed by atoms with E-state index in [4.69, 9.17) is 0 Å². The number of benzene rings is 2. The fourth-order valence-electron chi connectivity index (χ4n) is 2.86. The summed E-state index contributed by atoms with van der Waals surface area (Å²) in [6.45, 7) is 6.38. The average molecular weight is 332 g/mol. The van der Waals surface area contributed by atoms with E-state index in [2.05, 4.69) is 71.7 Å². The Morgan fingerprint density at radius 3 is 2.56 bits per heavy atom. The molecule has 4 heteroatoms. The van der Waals surface area contributed by atoms with Crippen molar-refractivity contribution in [3.8, 4) is 0 Å². The van der Waals surface area contributed by atoms with Gasteiger partial charge in [-0.2, -0.15) is 4.98 Å². The van der Waals surface area contributed by atoms with Crippen molar-refractivity contribution in [1.29, 1.82) is 0 Å². The second kappa shape index (κ2) is 7.79. The first-order valence-corrected chi connectivity index (χ1v) is 8.67. The SMILES string of the molecule is CCc1cccc(C)c1Nc1nccc(NC(C)c2ccccc2)n1. The number of nitrogens with zero attached hydrogens (tertiary/aromatic N) is 2. The van der Waals surface area contributed by atoms with Crippen molar-refractivity contribution in [3.05, 3.63) is 77.5 Å². The molecule has 3 rings (SSSR count). The van der Waals surface area contributed by atoms with E-state index in [-0.39, 0.29) is 6.04 Å². The van der Waals surface area contributed by atoms with Crippen LogP contribution in [0.5, 0.6) is 0 Å². The molecule has 1 unspecified atom stereocenters. The van der Waals surface area contributed by atoms with Gasteiger partial charge in [0.15, 0.2) is 0 Å². The third-order valence-electron chi connectivity index (χ3n) is 4.30. The van der Waals surface area contributed by atoms with E-state index in [1.807, 2.05) is 24.3 Å². The van der Waals surface area contributed by atoms with E-state index in [0.29, 0.717) is 5.95 Å². The lowest BCUT2D eigenvalue weighted by atomic mass is 10.1. The van der Waals surface area contributed by atoms with Crippen LogP contribution >= 0.6 is 0 Å². The van der Waals surface area contributed by atoms with Crippen molar-refractivity contribution < 1.29 is 0 Å². The number of hydrogen-bond donors (Lipinski definition) is 2. The smallest absolute Gasteiger partial charge is 0.229 e. The summed E-state index contributed by atoms with van der Waals surface area (Å²) >= 11 is 0. The highest BCUT2D eigenvalue weighted by molar-refractivity contribution is 5.63. The van der Waals surface area contributed by atoms with Crippen LogP contribution < -0.4 is 10.6 Å².